The average molecular weight is 579 g/mol. The van der Waals surface area contributed by atoms with Crippen molar-refractivity contribution in [2.75, 3.05) is 0 Å². The van der Waals surface area contributed by atoms with E-state index in [2.05, 4.69) is 37.5 Å². The Labute approximate surface area is 251 Å². The topological polar surface area (TPSA) is 110 Å². The number of aryl methyl sites for hydroxylation is 2. The number of carboxylic acid groups (broad SMARTS) is 2. The van der Waals surface area contributed by atoms with Gasteiger partial charge >= 0.3 is 11.9 Å². The van der Waals surface area contributed by atoms with Crippen molar-refractivity contribution in [1.29, 1.82) is 0 Å². The molecule has 0 fully saturated rings. The molecule has 0 atom stereocenters. The lowest BCUT2D eigenvalue weighted by Gasteiger charge is -2.12. The molecule has 8 nitrogen and oxygen atoms in total. The number of carbonyl (C=O) groups is 2. The zero-order valence-electron chi connectivity index (χ0n) is 25.4. The Balaban J connectivity index is 1.59. The number of aromatic carboxylic acids is 1. The summed E-state index contributed by atoms with van der Waals surface area (Å²) in [6.45, 7) is 10.8. The fourth-order valence-electron chi connectivity index (χ4n) is 5.77. The van der Waals surface area contributed by atoms with Gasteiger partial charge in [0.05, 0.1) is 22.3 Å². The number of imidazole rings is 2. The molecular formula is C35H38N4O4. The lowest BCUT2D eigenvalue weighted by molar-refractivity contribution is -0.137. The van der Waals surface area contributed by atoms with Crippen LogP contribution in [0.1, 0.15) is 65.9 Å². The van der Waals surface area contributed by atoms with Gasteiger partial charge in [0, 0.05) is 24.2 Å². The lowest BCUT2D eigenvalue weighted by Crippen LogP contribution is -2.12. The van der Waals surface area contributed by atoms with E-state index in [0.717, 1.165) is 69.8 Å². The van der Waals surface area contributed by atoms with Crippen LogP contribution in [-0.4, -0.2) is 41.3 Å². The van der Waals surface area contributed by atoms with Crippen molar-refractivity contribution < 1.29 is 19.8 Å². The summed E-state index contributed by atoms with van der Waals surface area (Å²) < 4.78 is 4.05. The lowest BCUT2D eigenvalue weighted by atomic mass is 9.98. The predicted molar refractivity (Wildman–Crippen MR) is 169 cm³/mol. The molecule has 0 amide bonds. The average Bonchev–Trinajstić information content (AvgIpc) is 3.46. The molecular weight excluding hydrogens is 540 g/mol. The van der Waals surface area contributed by atoms with Crippen molar-refractivity contribution in [3.05, 3.63) is 94.6 Å². The molecule has 2 aromatic heterocycles. The molecule has 0 saturated carbocycles. The first kappa shape index (κ1) is 29.8. The molecule has 43 heavy (non-hydrogen) atoms. The Morgan fingerprint density at radius 2 is 1.63 bits per heavy atom. The maximum atomic E-state index is 11.8. The number of nitrogens with zero attached hydrogens (tertiary/aromatic N) is 4. The maximum Gasteiger partial charge on any atom is 0.336 e. The second kappa shape index (κ2) is 12.3. The summed E-state index contributed by atoms with van der Waals surface area (Å²) in [5, 5.41) is 19.3. The minimum absolute atomic E-state index is 0.152. The van der Waals surface area contributed by atoms with Gasteiger partial charge in [-0.05, 0) is 73.1 Å². The standard InChI is InChI=1S/C35H38N4O4/c1-6-9-31-37-33-22(4)17-26(34-36-29(16-21(2)3)23(5)38(34)20-32(40)41)18-30(33)39(31)19-24-12-14-25(15-13-24)27-10-7-8-11-28(27)35(42)43/h7-8,10-15,17-18,21H,6,9,16,19-20H2,1-5H3,(H,40,41)(H,42,43). The molecule has 0 aliphatic rings. The van der Waals surface area contributed by atoms with Gasteiger partial charge in [-0.15, -0.1) is 0 Å². The minimum Gasteiger partial charge on any atom is -0.480 e. The van der Waals surface area contributed by atoms with Crippen molar-refractivity contribution >= 4 is 23.0 Å². The number of hydrogen-bond donors (Lipinski definition) is 2. The van der Waals surface area contributed by atoms with E-state index >= 15 is 0 Å². The van der Waals surface area contributed by atoms with E-state index in [0.29, 0.717) is 23.9 Å². The molecule has 3 aromatic carbocycles. The molecule has 2 N–H and O–H groups in total. The van der Waals surface area contributed by atoms with Crippen LogP contribution in [0.25, 0.3) is 33.5 Å². The second-order valence-corrected chi connectivity index (χ2v) is 11.6. The number of benzene rings is 3. The Kier molecular flexibility index (Phi) is 8.48. The fraction of sp³-hybridized carbons (Fsp3) is 0.314. The van der Waals surface area contributed by atoms with E-state index in [4.69, 9.17) is 9.97 Å². The van der Waals surface area contributed by atoms with Crippen molar-refractivity contribution in [2.45, 2.75) is 67.0 Å². The van der Waals surface area contributed by atoms with Crippen molar-refractivity contribution in [1.82, 2.24) is 19.1 Å². The molecule has 5 rings (SSSR count). The van der Waals surface area contributed by atoms with E-state index in [1.807, 2.05) is 54.8 Å². The summed E-state index contributed by atoms with van der Waals surface area (Å²) in [7, 11) is 0. The summed E-state index contributed by atoms with van der Waals surface area (Å²) in [5.41, 5.74) is 8.47. The molecule has 0 unspecified atom stereocenters. The zero-order valence-corrected chi connectivity index (χ0v) is 25.4. The highest BCUT2D eigenvalue weighted by Gasteiger charge is 2.21. The van der Waals surface area contributed by atoms with Crippen molar-refractivity contribution in [3.63, 3.8) is 0 Å². The van der Waals surface area contributed by atoms with Crippen molar-refractivity contribution in [2.24, 2.45) is 5.92 Å². The summed E-state index contributed by atoms with van der Waals surface area (Å²) >= 11 is 0. The van der Waals surface area contributed by atoms with E-state index in [-0.39, 0.29) is 12.1 Å². The Morgan fingerprint density at radius 1 is 0.907 bits per heavy atom. The van der Waals surface area contributed by atoms with E-state index in [1.165, 1.54) is 0 Å². The van der Waals surface area contributed by atoms with Crippen LogP contribution in [0.15, 0.2) is 60.7 Å². The van der Waals surface area contributed by atoms with Crippen molar-refractivity contribution in [3.8, 4) is 22.5 Å². The first-order chi connectivity index (χ1) is 20.6. The van der Waals surface area contributed by atoms with Crippen LogP contribution in [-0.2, 0) is 30.7 Å². The molecule has 2 heterocycles. The number of aromatic nitrogens is 4. The van der Waals surface area contributed by atoms with Gasteiger partial charge in [-0.1, -0.05) is 63.2 Å². The first-order valence-electron chi connectivity index (χ1n) is 14.8. The van der Waals surface area contributed by atoms with Gasteiger partial charge in [-0.2, -0.15) is 0 Å². The van der Waals surface area contributed by atoms with Gasteiger partial charge in [0.2, 0.25) is 0 Å². The van der Waals surface area contributed by atoms with Crippen LogP contribution in [0.4, 0.5) is 0 Å². The minimum atomic E-state index is -0.949. The first-order valence-corrected chi connectivity index (χ1v) is 14.8. The molecule has 222 valence electrons. The van der Waals surface area contributed by atoms with Crippen LogP contribution in [0.2, 0.25) is 0 Å². The van der Waals surface area contributed by atoms with Gasteiger partial charge in [-0.25, -0.2) is 14.8 Å². The highest BCUT2D eigenvalue weighted by atomic mass is 16.4. The van der Waals surface area contributed by atoms with E-state index in [1.54, 1.807) is 12.1 Å². The highest BCUT2D eigenvalue weighted by molar-refractivity contribution is 5.96. The van der Waals surface area contributed by atoms with Gasteiger partial charge in [0.1, 0.15) is 18.2 Å². The van der Waals surface area contributed by atoms with Gasteiger partial charge in [-0.3, -0.25) is 4.79 Å². The van der Waals surface area contributed by atoms with Gasteiger partial charge in [0.25, 0.3) is 0 Å². The molecule has 0 bridgehead atoms. The number of hydrogen-bond acceptors (Lipinski definition) is 4. The van der Waals surface area contributed by atoms with Gasteiger partial charge < -0.3 is 19.3 Å². The third kappa shape index (κ3) is 6.09. The molecule has 0 radical (unpaired) electrons. The monoisotopic (exact) mass is 578 g/mol. The number of carboxylic acids is 2. The number of aliphatic carboxylic acids is 1. The second-order valence-electron chi connectivity index (χ2n) is 11.6. The smallest absolute Gasteiger partial charge is 0.336 e. The predicted octanol–water partition coefficient (Wildman–Crippen LogP) is 7.17. The Morgan fingerprint density at radius 3 is 2.28 bits per heavy atom. The number of rotatable bonds is 11. The molecule has 0 aliphatic carbocycles. The van der Waals surface area contributed by atoms with E-state index < -0.39 is 11.9 Å². The molecule has 8 heteroatoms. The van der Waals surface area contributed by atoms with Crippen LogP contribution < -0.4 is 0 Å². The highest BCUT2D eigenvalue weighted by Crippen LogP contribution is 2.31. The van der Waals surface area contributed by atoms with Crippen LogP contribution in [0.3, 0.4) is 0 Å². The van der Waals surface area contributed by atoms with Gasteiger partial charge in [0.15, 0.2) is 0 Å². The van der Waals surface area contributed by atoms with Crippen LogP contribution >= 0.6 is 0 Å². The maximum absolute atomic E-state index is 11.8. The summed E-state index contributed by atoms with van der Waals surface area (Å²) in [5.74, 6) is 0.192. The summed E-state index contributed by atoms with van der Waals surface area (Å²) in [4.78, 5) is 33.6. The summed E-state index contributed by atoms with van der Waals surface area (Å²) in [6.07, 6.45) is 2.54. The third-order valence-electron chi connectivity index (χ3n) is 7.83. The quantitative estimate of drug-likeness (QED) is 0.172. The molecule has 0 aliphatic heterocycles. The Bertz CT molecular complexity index is 1810. The van der Waals surface area contributed by atoms with Crippen LogP contribution in [0.5, 0.6) is 0 Å². The van der Waals surface area contributed by atoms with E-state index in [9.17, 15) is 19.8 Å². The largest absolute Gasteiger partial charge is 0.480 e. The molecule has 0 spiro atoms. The zero-order chi connectivity index (χ0) is 30.8. The third-order valence-corrected chi connectivity index (χ3v) is 7.83. The SMILES string of the molecule is CCCc1nc2c(C)cc(-c3nc(CC(C)C)c(C)n3CC(=O)O)cc2n1Cc1ccc(-c2ccccc2C(=O)O)cc1. The Hall–Kier alpha value is -4.72. The molecule has 5 aromatic rings. The normalized spacial score (nSPS) is 11.5. The fourth-order valence-corrected chi connectivity index (χ4v) is 5.77. The van der Waals surface area contributed by atoms with Crippen LogP contribution in [0, 0.1) is 19.8 Å². The number of fused-ring (bicyclic) bond motifs is 1. The molecule has 0 saturated heterocycles. The summed E-state index contributed by atoms with van der Waals surface area (Å²) in [6, 6.07) is 19.2.